The topological polar surface area (TPSA) is 63.6 Å². The number of aliphatic hydroxyl groups excluding tert-OH is 1. The van der Waals surface area contributed by atoms with Gasteiger partial charge in [0.15, 0.2) is 11.6 Å². The van der Waals surface area contributed by atoms with Gasteiger partial charge in [-0.1, -0.05) is 37.3 Å². The Morgan fingerprint density at radius 2 is 1.85 bits per heavy atom. The van der Waals surface area contributed by atoms with Gasteiger partial charge < -0.3 is 9.84 Å². The largest absolute Gasteiger partial charge is 0.489 e. The van der Waals surface area contributed by atoms with Crippen molar-refractivity contribution in [2.45, 2.75) is 58.2 Å². The highest BCUT2D eigenvalue weighted by atomic mass is 16.5. The molecule has 0 aliphatic carbocycles. The van der Waals surface area contributed by atoms with Crippen LogP contribution in [0.25, 0.3) is 0 Å². The Balaban J connectivity index is 2.08. The quantitative estimate of drug-likeness (QED) is 0.731. The minimum Gasteiger partial charge on any atom is -0.489 e. The highest BCUT2D eigenvalue weighted by molar-refractivity contribution is 6.04. The Bertz CT molecular complexity index is 839. The summed E-state index contributed by atoms with van der Waals surface area (Å²) in [7, 11) is 0. The van der Waals surface area contributed by atoms with Gasteiger partial charge in [0.25, 0.3) is 0 Å². The van der Waals surface area contributed by atoms with Gasteiger partial charge in [-0.05, 0) is 38.0 Å². The molecule has 3 atom stereocenters. The maximum Gasteiger partial charge on any atom is 0.166 e. The van der Waals surface area contributed by atoms with Gasteiger partial charge in [0.2, 0.25) is 0 Å². The van der Waals surface area contributed by atoms with Crippen LogP contribution in [0, 0.1) is 0 Å². The first-order valence-corrected chi connectivity index (χ1v) is 9.56. The van der Waals surface area contributed by atoms with E-state index in [1.54, 1.807) is 13.0 Å². The molecule has 4 nitrogen and oxygen atoms in total. The zero-order chi connectivity index (χ0) is 19.6. The van der Waals surface area contributed by atoms with Crippen molar-refractivity contribution in [3.8, 4) is 5.75 Å². The molecule has 1 aliphatic rings. The number of hydrogen-bond donors (Lipinski definition) is 1. The minimum atomic E-state index is -0.527. The summed E-state index contributed by atoms with van der Waals surface area (Å²) < 4.78 is 6.09. The fourth-order valence-electron chi connectivity index (χ4n) is 3.67. The summed E-state index contributed by atoms with van der Waals surface area (Å²) in [5.41, 5.74) is 3.01. The highest BCUT2D eigenvalue weighted by Gasteiger charge is 2.36. The molecule has 142 valence electrons. The van der Waals surface area contributed by atoms with Crippen molar-refractivity contribution in [1.29, 1.82) is 0 Å². The molecule has 1 aliphatic heterocycles. The van der Waals surface area contributed by atoms with Gasteiger partial charge in [-0.3, -0.25) is 9.59 Å². The number of hydrogen-bond acceptors (Lipinski definition) is 4. The summed E-state index contributed by atoms with van der Waals surface area (Å²) in [5.74, 6) is 0.497. The molecule has 1 heterocycles. The van der Waals surface area contributed by atoms with Crippen molar-refractivity contribution in [2.75, 3.05) is 0 Å². The summed E-state index contributed by atoms with van der Waals surface area (Å²) in [5, 5.41) is 9.48. The second kappa shape index (κ2) is 8.05. The van der Waals surface area contributed by atoms with Crippen molar-refractivity contribution in [3.63, 3.8) is 0 Å². The standard InChI is InChI=1S/C23H26O4/c1-4-20(25)18-12-17(21(26)11-10-14(2)24)13-19-22(15(3)27-23(18)19)16-8-6-5-7-9-16/h5-9,12-15,22,24H,4,10-11H2,1-3H3/t14?,15-,22+/m1/s1. The Labute approximate surface area is 160 Å². The smallest absolute Gasteiger partial charge is 0.166 e. The Morgan fingerprint density at radius 1 is 1.15 bits per heavy atom. The van der Waals surface area contributed by atoms with Gasteiger partial charge >= 0.3 is 0 Å². The number of ether oxygens (including phenoxy) is 1. The fraction of sp³-hybridized carbons (Fsp3) is 0.391. The third-order valence-electron chi connectivity index (χ3n) is 5.12. The van der Waals surface area contributed by atoms with Gasteiger partial charge in [-0.25, -0.2) is 0 Å². The van der Waals surface area contributed by atoms with Crippen LogP contribution >= 0.6 is 0 Å². The van der Waals surface area contributed by atoms with E-state index in [0.29, 0.717) is 29.7 Å². The number of benzene rings is 2. The van der Waals surface area contributed by atoms with Crippen molar-refractivity contribution < 1.29 is 19.4 Å². The van der Waals surface area contributed by atoms with E-state index in [1.165, 1.54) is 0 Å². The van der Waals surface area contributed by atoms with Crippen LogP contribution in [0.4, 0.5) is 0 Å². The van der Waals surface area contributed by atoms with Crippen LogP contribution in [0.2, 0.25) is 0 Å². The molecule has 0 fully saturated rings. The summed E-state index contributed by atoms with van der Waals surface area (Å²) in [6.45, 7) is 5.47. The van der Waals surface area contributed by atoms with Crippen LogP contribution in [0.1, 0.15) is 77.8 Å². The molecular weight excluding hydrogens is 340 g/mol. The van der Waals surface area contributed by atoms with Gasteiger partial charge in [-0.2, -0.15) is 0 Å². The zero-order valence-corrected chi connectivity index (χ0v) is 16.1. The lowest BCUT2D eigenvalue weighted by molar-refractivity contribution is 0.0949. The normalized spacial score (nSPS) is 19.3. The molecule has 0 aromatic heterocycles. The summed E-state index contributed by atoms with van der Waals surface area (Å²) in [6.07, 6.45) is 0.366. The van der Waals surface area contributed by atoms with Crippen molar-refractivity contribution >= 4 is 11.6 Å². The first-order valence-electron chi connectivity index (χ1n) is 9.56. The van der Waals surface area contributed by atoms with Crippen LogP contribution in [0.3, 0.4) is 0 Å². The second-order valence-electron chi connectivity index (χ2n) is 7.24. The minimum absolute atomic E-state index is 0.0193. The predicted octanol–water partition coefficient (Wildman–Crippen LogP) is 4.54. The maximum atomic E-state index is 12.7. The van der Waals surface area contributed by atoms with Gasteiger partial charge in [0.05, 0.1) is 11.7 Å². The Morgan fingerprint density at radius 3 is 2.48 bits per heavy atom. The first-order chi connectivity index (χ1) is 12.9. The summed E-state index contributed by atoms with van der Waals surface area (Å²) in [4.78, 5) is 25.2. The van der Waals surface area contributed by atoms with E-state index in [4.69, 9.17) is 4.74 Å². The molecule has 27 heavy (non-hydrogen) atoms. The molecular formula is C23H26O4. The molecule has 0 saturated carbocycles. The van der Waals surface area contributed by atoms with Gasteiger partial charge in [-0.15, -0.1) is 0 Å². The molecule has 0 spiro atoms. The number of Topliss-reactive ketones (excluding diaryl/α,β-unsaturated/α-hetero) is 2. The number of ketones is 2. The molecule has 0 saturated heterocycles. The molecule has 4 heteroatoms. The van der Waals surface area contributed by atoms with E-state index in [0.717, 1.165) is 11.1 Å². The lowest BCUT2D eigenvalue weighted by Crippen LogP contribution is -2.15. The van der Waals surface area contributed by atoms with Crippen LogP contribution < -0.4 is 4.74 Å². The monoisotopic (exact) mass is 366 g/mol. The number of aliphatic hydroxyl groups is 1. The summed E-state index contributed by atoms with van der Waals surface area (Å²) >= 11 is 0. The highest BCUT2D eigenvalue weighted by Crippen LogP contribution is 2.45. The fourth-order valence-corrected chi connectivity index (χ4v) is 3.67. The predicted molar refractivity (Wildman–Crippen MR) is 105 cm³/mol. The summed E-state index contributed by atoms with van der Waals surface area (Å²) in [6, 6.07) is 13.5. The van der Waals surface area contributed by atoms with E-state index in [1.807, 2.05) is 50.2 Å². The number of carbonyl (C=O) groups excluding carboxylic acids is 2. The van der Waals surface area contributed by atoms with Gasteiger partial charge in [0.1, 0.15) is 11.9 Å². The molecule has 0 amide bonds. The zero-order valence-electron chi connectivity index (χ0n) is 16.1. The second-order valence-corrected chi connectivity index (χ2v) is 7.24. The lowest BCUT2D eigenvalue weighted by Gasteiger charge is -2.15. The number of carbonyl (C=O) groups is 2. The molecule has 0 bridgehead atoms. The average Bonchev–Trinajstić information content (AvgIpc) is 3.00. The Kier molecular flexibility index (Phi) is 5.76. The van der Waals surface area contributed by atoms with E-state index < -0.39 is 6.10 Å². The third kappa shape index (κ3) is 3.96. The van der Waals surface area contributed by atoms with Gasteiger partial charge in [0, 0.05) is 29.9 Å². The maximum absolute atomic E-state index is 12.7. The third-order valence-corrected chi connectivity index (χ3v) is 5.12. The number of fused-ring (bicyclic) bond motifs is 1. The SMILES string of the molecule is CCC(=O)c1cc(C(=O)CCC(C)O)cc2c1O[C@H](C)[C@H]2c1ccccc1. The van der Waals surface area contributed by atoms with Crippen LogP contribution in [-0.4, -0.2) is 28.9 Å². The van der Waals surface area contributed by atoms with Crippen molar-refractivity contribution in [3.05, 3.63) is 64.7 Å². The lowest BCUT2D eigenvalue weighted by atomic mass is 9.85. The van der Waals surface area contributed by atoms with E-state index in [9.17, 15) is 14.7 Å². The molecule has 0 radical (unpaired) electrons. The molecule has 2 aromatic carbocycles. The van der Waals surface area contributed by atoms with Crippen LogP contribution in [0.15, 0.2) is 42.5 Å². The Hall–Kier alpha value is -2.46. The molecule has 2 aromatic rings. The van der Waals surface area contributed by atoms with Crippen molar-refractivity contribution in [1.82, 2.24) is 0 Å². The molecule has 1 unspecified atom stereocenters. The van der Waals surface area contributed by atoms with Crippen LogP contribution in [0.5, 0.6) is 5.75 Å². The molecule has 1 N–H and O–H groups in total. The number of rotatable bonds is 7. The molecule has 3 rings (SSSR count). The van der Waals surface area contributed by atoms with Crippen LogP contribution in [-0.2, 0) is 0 Å². The van der Waals surface area contributed by atoms with Crippen molar-refractivity contribution in [2.24, 2.45) is 0 Å². The van der Waals surface area contributed by atoms with E-state index in [-0.39, 0.29) is 30.0 Å². The van der Waals surface area contributed by atoms with E-state index in [2.05, 4.69) is 0 Å². The van der Waals surface area contributed by atoms with E-state index >= 15 is 0 Å². The first kappa shape index (κ1) is 19.3. The average molecular weight is 366 g/mol.